The van der Waals surface area contributed by atoms with Gasteiger partial charge in [0.05, 0.1) is 7.05 Å². The summed E-state index contributed by atoms with van der Waals surface area (Å²) in [6.07, 6.45) is 56.1. The maximum absolute atomic E-state index is 2.51. The zero-order chi connectivity index (χ0) is 30.9. The Balaban J connectivity index is 0.0000185. The van der Waals surface area contributed by atoms with Gasteiger partial charge in [0.15, 0.2) is 0 Å². The van der Waals surface area contributed by atoms with Crippen molar-refractivity contribution in [2.24, 2.45) is 7.05 Å². The monoisotopic (exact) mass is 637 g/mol. The van der Waals surface area contributed by atoms with Crippen LogP contribution >= 0.6 is 0 Å². The Bertz CT molecular complexity index is 621. The van der Waals surface area contributed by atoms with Gasteiger partial charge in [-0.15, -0.1) is 0 Å². The predicted molar refractivity (Wildman–Crippen MR) is 193 cm³/mol. The first kappa shape index (κ1) is 43.5. The van der Waals surface area contributed by atoms with Crippen molar-refractivity contribution < 1.29 is 17.0 Å². The SMILES string of the molecule is CCCCCCCCCCCCCCCCCCC(CCCCCCCCCCCCCCCCCC)n1cc[n+](C)c1.[Cl-]. The summed E-state index contributed by atoms with van der Waals surface area (Å²) < 4.78 is 4.73. The first-order chi connectivity index (χ1) is 21.3. The minimum atomic E-state index is 0. The molecule has 0 amide bonds. The molecule has 0 N–H and O–H groups in total. The van der Waals surface area contributed by atoms with E-state index in [-0.39, 0.29) is 12.4 Å². The van der Waals surface area contributed by atoms with Crippen LogP contribution in [0.15, 0.2) is 18.7 Å². The Morgan fingerprint density at radius 2 is 0.659 bits per heavy atom. The van der Waals surface area contributed by atoms with Crippen LogP contribution in [0.4, 0.5) is 0 Å². The van der Waals surface area contributed by atoms with Gasteiger partial charge in [-0.2, -0.15) is 0 Å². The first-order valence-corrected chi connectivity index (χ1v) is 20.3. The van der Waals surface area contributed by atoms with Crippen molar-refractivity contribution in [3.05, 3.63) is 18.7 Å². The van der Waals surface area contributed by atoms with E-state index in [4.69, 9.17) is 0 Å². The number of imidazole rings is 1. The second-order valence-corrected chi connectivity index (χ2v) is 14.4. The Kier molecular flexibility index (Phi) is 35.0. The molecule has 1 rings (SSSR count). The van der Waals surface area contributed by atoms with E-state index in [0.717, 1.165) is 0 Å². The normalized spacial score (nSPS) is 11.5. The maximum Gasteiger partial charge on any atom is 0.243 e. The molecule has 0 spiro atoms. The molecular formula is C41H81ClN2. The van der Waals surface area contributed by atoms with Crippen LogP contribution in [0.2, 0.25) is 0 Å². The van der Waals surface area contributed by atoms with Crippen molar-refractivity contribution >= 4 is 0 Å². The van der Waals surface area contributed by atoms with E-state index in [9.17, 15) is 0 Å². The summed E-state index contributed by atoms with van der Waals surface area (Å²) in [5.41, 5.74) is 0. The summed E-state index contributed by atoms with van der Waals surface area (Å²) in [6.45, 7) is 4.62. The van der Waals surface area contributed by atoms with Crippen LogP contribution in [0.3, 0.4) is 0 Å². The number of halogens is 1. The van der Waals surface area contributed by atoms with E-state index in [0.29, 0.717) is 6.04 Å². The van der Waals surface area contributed by atoms with Crippen LogP contribution in [0, 0.1) is 0 Å². The van der Waals surface area contributed by atoms with Crippen molar-refractivity contribution in [1.29, 1.82) is 0 Å². The molecule has 0 aromatic carbocycles. The highest BCUT2D eigenvalue weighted by atomic mass is 35.5. The largest absolute Gasteiger partial charge is 1.00 e. The topological polar surface area (TPSA) is 8.81 Å². The molecule has 0 unspecified atom stereocenters. The molecule has 0 atom stereocenters. The lowest BCUT2D eigenvalue weighted by molar-refractivity contribution is -0.671. The summed E-state index contributed by atoms with van der Waals surface area (Å²) in [4.78, 5) is 0. The van der Waals surface area contributed by atoms with E-state index in [2.05, 4.69) is 48.8 Å². The van der Waals surface area contributed by atoms with Gasteiger partial charge in [-0.3, -0.25) is 0 Å². The van der Waals surface area contributed by atoms with Crippen molar-refractivity contribution in [2.75, 3.05) is 0 Å². The van der Waals surface area contributed by atoms with Crippen LogP contribution in [-0.4, -0.2) is 4.57 Å². The average Bonchev–Trinajstić information content (AvgIpc) is 3.45. The van der Waals surface area contributed by atoms with Crippen molar-refractivity contribution in [1.82, 2.24) is 4.57 Å². The lowest BCUT2D eigenvalue weighted by Gasteiger charge is -2.14. The van der Waals surface area contributed by atoms with Gasteiger partial charge in [0.1, 0.15) is 18.4 Å². The van der Waals surface area contributed by atoms with Crippen LogP contribution in [0.1, 0.15) is 238 Å². The fourth-order valence-electron chi connectivity index (χ4n) is 6.98. The standard InChI is InChI=1S/C41H81N2.ClH/c1-4-6-8-10-12-14-16-18-20-22-24-26-28-30-32-34-36-41(43-39-38-42(3)40-43)37-35-33-31-29-27-25-23-21-19-17-15-13-11-9-7-5-2;/h38-41H,4-37H2,1-3H3;1H/q+1;/p-1. The second kappa shape index (κ2) is 35.4. The van der Waals surface area contributed by atoms with Gasteiger partial charge in [0.2, 0.25) is 6.33 Å². The highest BCUT2D eigenvalue weighted by Gasteiger charge is 2.15. The Morgan fingerprint density at radius 1 is 0.409 bits per heavy atom. The Labute approximate surface area is 284 Å². The predicted octanol–water partition coefficient (Wildman–Crippen LogP) is 11.2. The lowest BCUT2D eigenvalue weighted by Crippen LogP contribution is -3.00. The van der Waals surface area contributed by atoms with Gasteiger partial charge in [0.25, 0.3) is 0 Å². The number of aromatic nitrogens is 2. The van der Waals surface area contributed by atoms with Gasteiger partial charge in [-0.05, 0) is 25.7 Å². The molecular weight excluding hydrogens is 556 g/mol. The van der Waals surface area contributed by atoms with E-state index in [1.807, 2.05) is 0 Å². The number of nitrogens with zero attached hydrogens (tertiary/aromatic N) is 2. The summed E-state index contributed by atoms with van der Waals surface area (Å²) in [7, 11) is 2.16. The third-order valence-corrected chi connectivity index (χ3v) is 9.99. The number of hydrogen-bond acceptors (Lipinski definition) is 0. The third-order valence-electron chi connectivity index (χ3n) is 9.99. The number of rotatable bonds is 35. The van der Waals surface area contributed by atoms with Crippen molar-refractivity contribution in [3.8, 4) is 0 Å². The van der Waals surface area contributed by atoms with Crippen LogP contribution in [-0.2, 0) is 7.05 Å². The molecule has 3 heteroatoms. The van der Waals surface area contributed by atoms with Crippen LogP contribution < -0.4 is 17.0 Å². The Morgan fingerprint density at radius 3 is 0.886 bits per heavy atom. The number of unbranched alkanes of at least 4 members (excludes halogenated alkanes) is 30. The molecule has 262 valence electrons. The fraction of sp³-hybridized carbons (Fsp3) is 0.927. The second-order valence-electron chi connectivity index (χ2n) is 14.4. The molecule has 0 radical (unpaired) electrons. The smallest absolute Gasteiger partial charge is 0.243 e. The van der Waals surface area contributed by atoms with Crippen LogP contribution in [0.5, 0.6) is 0 Å². The summed E-state index contributed by atoms with van der Waals surface area (Å²) in [5, 5.41) is 0. The van der Waals surface area contributed by atoms with Gasteiger partial charge in [0, 0.05) is 0 Å². The van der Waals surface area contributed by atoms with Gasteiger partial charge < -0.3 is 12.4 Å². The molecule has 0 aliphatic rings. The lowest BCUT2D eigenvalue weighted by atomic mass is 9.99. The average molecular weight is 638 g/mol. The van der Waals surface area contributed by atoms with Gasteiger partial charge >= 0.3 is 0 Å². The van der Waals surface area contributed by atoms with E-state index < -0.39 is 0 Å². The molecule has 0 aliphatic carbocycles. The summed E-state index contributed by atoms with van der Waals surface area (Å²) in [5.74, 6) is 0. The van der Waals surface area contributed by atoms with E-state index in [1.54, 1.807) is 0 Å². The molecule has 1 aromatic heterocycles. The fourth-order valence-corrected chi connectivity index (χ4v) is 6.98. The van der Waals surface area contributed by atoms with Crippen molar-refractivity contribution in [2.45, 2.75) is 238 Å². The highest BCUT2D eigenvalue weighted by Crippen LogP contribution is 2.24. The minimum absolute atomic E-state index is 0. The third kappa shape index (κ3) is 28.9. The van der Waals surface area contributed by atoms with Gasteiger partial charge in [-0.1, -0.05) is 206 Å². The molecule has 0 saturated carbocycles. The molecule has 44 heavy (non-hydrogen) atoms. The zero-order valence-corrected chi connectivity index (χ0v) is 31.4. The van der Waals surface area contributed by atoms with Crippen LogP contribution in [0.25, 0.3) is 0 Å². The summed E-state index contributed by atoms with van der Waals surface area (Å²) in [6, 6.07) is 0.708. The molecule has 2 nitrogen and oxygen atoms in total. The molecule has 1 aromatic rings. The number of aryl methyl sites for hydroxylation is 1. The molecule has 1 heterocycles. The van der Waals surface area contributed by atoms with E-state index >= 15 is 0 Å². The molecule has 0 fully saturated rings. The van der Waals surface area contributed by atoms with Gasteiger partial charge in [-0.25, -0.2) is 9.13 Å². The summed E-state index contributed by atoms with van der Waals surface area (Å²) >= 11 is 0. The maximum atomic E-state index is 2.51. The molecule has 0 saturated heterocycles. The van der Waals surface area contributed by atoms with E-state index in [1.165, 1.54) is 218 Å². The van der Waals surface area contributed by atoms with Crippen molar-refractivity contribution in [3.63, 3.8) is 0 Å². The molecule has 0 bridgehead atoms. The molecule has 0 aliphatic heterocycles. The minimum Gasteiger partial charge on any atom is -1.00 e. The number of hydrogen-bond donors (Lipinski definition) is 0. The highest BCUT2D eigenvalue weighted by molar-refractivity contribution is 4.75. The first-order valence-electron chi connectivity index (χ1n) is 20.3. The zero-order valence-electron chi connectivity index (χ0n) is 30.6. The quantitative estimate of drug-likeness (QED) is 0.0517. The Hall–Kier alpha value is -0.500.